The standard InChI is InChI=1S/C16H22N4O3.C11H14N4O/c1-11-7-12(9-19(11)15(21)23-16(2,3)4)22-13-8-17-14-5-6-18-20(14)10-13;1-8-4-9(5-12-8)16-10-6-13-11-2-3-14-15(11)7-10/h5-6,8,10-12H,7,9H2,1-4H3;2-3,6-9,12H,4-5H2,1H3/t11-,12+;8-,9+/m00/s1. The van der Waals surface area contributed by atoms with E-state index in [-0.39, 0.29) is 24.3 Å². The van der Waals surface area contributed by atoms with Crippen LogP contribution in [0.25, 0.3) is 11.3 Å². The number of ether oxygens (including phenoxy) is 3. The summed E-state index contributed by atoms with van der Waals surface area (Å²) in [6, 6.07) is 4.30. The van der Waals surface area contributed by atoms with E-state index in [1.807, 2.05) is 46.0 Å². The van der Waals surface area contributed by atoms with Crippen LogP contribution in [0.5, 0.6) is 11.5 Å². The number of carbonyl (C=O) groups is 1. The largest absolute Gasteiger partial charge is 0.486 e. The topological polar surface area (TPSA) is 120 Å². The molecular formula is C27H36N8O4. The van der Waals surface area contributed by atoms with Crippen molar-refractivity contribution in [1.29, 1.82) is 0 Å². The number of hydrogen-bond donors (Lipinski definition) is 1. The van der Waals surface area contributed by atoms with Gasteiger partial charge in [0.25, 0.3) is 0 Å². The van der Waals surface area contributed by atoms with Gasteiger partial charge < -0.3 is 24.4 Å². The lowest BCUT2D eigenvalue weighted by atomic mass is 10.2. The van der Waals surface area contributed by atoms with Crippen LogP contribution in [0.3, 0.4) is 0 Å². The number of rotatable bonds is 4. The van der Waals surface area contributed by atoms with Gasteiger partial charge in [0, 0.05) is 43.6 Å². The molecule has 4 aromatic rings. The van der Waals surface area contributed by atoms with Crippen molar-refractivity contribution in [3.05, 3.63) is 49.3 Å². The molecule has 0 spiro atoms. The quantitative estimate of drug-likeness (QED) is 0.418. The summed E-state index contributed by atoms with van der Waals surface area (Å²) in [5.41, 5.74) is 1.11. The summed E-state index contributed by atoms with van der Waals surface area (Å²) in [6.45, 7) is 11.2. The van der Waals surface area contributed by atoms with Crippen molar-refractivity contribution >= 4 is 17.4 Å². The minimum Gasteiger partial charge on any atom is -0.486 e. The van der Waals surface area contributed by atoms with Gasteiger partial charge in [-0.15, -0.1) is 0 Å². The van der Waals surface area contributed by atoms with E-state index in [4.69, 9.17) is 14.2 Å². The van der Waals surface area contributed by atoms with Crippen LogP contribution >= 0.6 is 0 Å². The van der Waals surface area contributed by atoms with Gasteiger partial charge in [-0.05, 0) is 34.6 Å². The number of carbonyl (C=O) groups excluding carboxylic acids is 1. The van der Waals surface area contributed by atoms with Gasteiger partial charge in [-0.25, -0.2) is 23.8 Å². The second-order valence-corrected chi connectivity index (χ2v) is 11.1. The molecule has 6 heterocycles. The first kappa shape index (κ1) is 26.7. The molecule has 0 aromatic carbocycles. The number of hydrogen-bond acceptors (Lipinski definition) is 9. The van der Waals surface area contributed by atoms with Crippen molar-refractivity contribution in [1.82, 2.24) is 39.4 Å². The average Bonchev–Trinajstić information content (AvgIpc) is 3.66. The number of nitrogens with zero attached hydrogens (tertiary/aromatic N) is 7. The Kier molecular flexibility index (Phi) is 7.56. The molecule has 6 rings (SSSR count). The lowest BCUT2D eigenvalue weighted by molar-refractivity contribution is 0.0224. The van der Waals surface area contributed by atoms with E-state index >= 15 is 0 Å². The molecule has 0 bridgehead atoms. The Morgan fingerprint density at radius 1 is 0.923 bits per heavy atom. The van der Waals surface area contributed by atoms with Gasteiger partial charge >= 0.3 is 6.09 Å². The maximum Gasteiger partial charge on any atom is 0.410 e. The minimum absolute atomic E-state index is 0.0765. The van der Waals surface area contributed by atoms with E-state index in [1.165, 1.54) is 0 Å². The molecule has 2 fully saturated rings. The first-order valence-corrected chi connectivity index (χ1v) is 13.3. The van der Waals surface area contributed by atoms with Crippen molar-refractivity contribution in [2.45, 2.75) is 77.4 Å². The summed E-state index contributed by atoms with van der Waals surface area (Å²) in [4.78, 5) is 22.5. The lowest BCUT2D eigenvalue weighted by Crippen LogP contribution is -2.39. The van der Waals surface area contributed by atoms with Gasteiger partial charge in [-0.1, -0.05) is 0 Å². The van der Waals surface area contributed by atoms with Crippen LogP contribution in [-0.2, 0) is 4.74 Å². The summed E-state index contributed by atoms with van der Waals surface area (Å²) in [7, 11) is 0. The zero-order chi connectivity index (χ0) is 27.6. The van der Waals surface area contributed by atoms with Crippen LogP contribution in [0.4, 0.5) is 4.79 Å². The molecule has 39 heavy (non-hydrogen) atoms. The Morgan fingerprint density at radius 2 is 1.51 bits per heavy atom. The number of amides is 1. The van der Waals surface area contributed by atoms with Crippen LogP contribution in [-0.4, -0.2) is 83.2 Å². The van der Waals surface area contributed by atoms with Crippen LogP contribution in [0.2, 0.25) is 0 Å². The Balaban J connectivity index is 0.000000168. The van der Waals surface area contributed by atoms with Gasteiger partial charge in [0.2, 0.25) is 0 Å². The molecule has 0 unspecified atom stereocenters. The van der Waals surface area contributed by atoms with E-state index in [0.29, 0.717) is 18.3 Å². The molecule has 2 aliphatic heterocycles. The predicted molar refractivity (Wildman–Crippen MR) is 144 cm³/mol. The van der Waals surface area contributed by atoms with Crippen molar-refractivity contribution < 1.29 is 19.0 Å². The van der Waals surface area contributed by atoms with Crippen LogP contribution in [0.1, 0.15) is 47.5 Å². The molecule has 208 valence electrons. The highest BCUT2D eigenvalue weighted by atomic mass is 16.6. The Morgan fingerprint density at radius 3 is 2.05 bits per heavy atom. The second-order valence-electron chi connectivity index (χ2n) is 11.1. The van der Waals surface area contributed by atoms with E-state index in [2.05, 4.69) is 32.4 Å². The van der Waals surface area contributed by atoms with Crippen LogP contribution < -0.4 is 14.8 Å². The smallest absolute Gasteiger partial charge is 0.410 e. The van der Waals surface area contributed by atoms with Gasteiger partial charge in [0.1, 0.15) is 17.8 Å². The number of likely N-dealkylation sites (tertiary alicyclic amines) is 1. The number of aromatic nitrogens is 6. The third kappa shape index (κ3) is 6.75. The molecule has 4 atom stereocenters. The summed E-state index contributed by atoms with van der Waals surface area (Å²) in [5, 5.41) is 11.6. The molecular weight excluding hydrogens is 500 g/mol. The maximum absolute atomic E-state index is 12.2. The first-order valence-electron chi connectivity index (χ1n) is 13.3. The van der Waals surface area contributed by atoms with E-state index < -0.39 is 5.60 Å². The van der Waals surface area contributed by atoms with Crippen LogP contribution in [0, 0.1) is 0 Å². The summed E-state index contributed by atoms with van der Waals surface area (Å²) in [5.74, 6) is 1.42. The Bertz CT molecular complexity index is 1410. The highest BCUT2D eigenvalue weighted by molar-refractivity contribution is 5.69. The average molecular weight is 537 g/mol. The third-order valence-electron chi connectivity index (χ3n) is 6.53. The molecule has 2 saturated heterocycles. The molecule has 12 heteroatoms. The van der Waals surface area contributed by atoms with Crippen LogP contribution in [0.15, 0.2) is 49.3 Å². The fourth-order valence-corrected chi connectivity index (χ4v) is 4.72. The van der Waals surface area contributed by atoms with Crippen molar-refractivity contribution in [2.75, 3.05) is 13.1 Å². The van der Waals surface area contributed by atoms with Gasteiger partial charge in [0.15, 0.2) is 22.8 Å². The van der Waals surface area contributed by atoms with E-state index in [1.54, 1.807) is 44.9 Å². The molecule has 1 amide bonds. The maximum atomic E-state index is 12.2. The summed E-state index contributed by atoms with van der Waals surface area (Å²) < 4.78 is 20.6. The van der Waals surface area contributed by atoms with Gasteiger partial charge in [-0.2, -0.15) is 10.2 Å². The number of fused-ring (bicyclic) bond motifs is 2. The Hall–Kier alpha value is -3.93. The zero-order valence-corrected chi connectivity index (χ0v) is 23.0. The molecule has 1 N–H and O–H groups in total. The fourth-order valence-electron chi connectivity index (χ4n) is 4.72. The van der Waals surface area contributed by atoms with E-state index in [0.717, 1.165) is 36.4 Å². The minimum atomic E-state index is -0.495. The second kappa shape index (κ2) is 11.0. The van der Waals surface area contributed by atoms with Crippen molar-refractivity contribution in [3.8, 4) is 11.5 Å². The summed E-state index contributed by atoms with van der Waals surface area (Å²) in [6.07, 6.45) is 12.2. The Labute approximate surface area is 227 Å². The molecule has 0 radical (unpaired) electrons. The SMILES string of the molecule is C[C@H]1C[C@@H](Oc2cnc3ccnn3c2)CN1.C[C@H]1C[C@@H](Oc2cnc3ccnn3c2)CN1C(=O)OC(C)(C)C. The molecule has 12 nitrogen and oxygen atoms in total. The monoisotopic (exact) mass is 536 g/mol. The molecule has 0 aliphatic carbocycles. The molecule has 4 aromatic heterocycles. The highest BCUT2D eigenvalue weighted by Crippen LogP contribution is 2.24. The normalized spacial score (nSPS) is 23.1. The summed E-state index contributed by atoms with van der Waals surface area (Å²) >= 11 is 0. The van der Waals surface area contributed by atoms with Gasteiger partial charge in [0.05, 0.1) is 43.7 Å². The van der Waals surface area contributed by atoms with Gasteiger partial charge in [-0.3, -0.25) is 0 Å². The van der Waals surface area contributed by atoms with E-state index in [9.17, 15) is 4.79 Å². The van der Waals surface area contributed by atoms with Crippen molar-refractivity contribution in [2.24, 2.45) is 0 Å². The van der Waals surface area contributed by atoms with Crippen molar-refractivity contribution in [3.63, 3.8) is 0 Å². The first-order chi connectivity index (χ1) is 18.6. The fraction of sp³-hybridized carbons (Fsp3) is 0.519. The molecule has 0 saturated carbocycles. The highest BCUT2D eigenvalue weighted by Gasteiger charge is 2.36. The zero-order valence-electron chi connectivity index (χ0n) is 23.0. The lowest BCUT2D eigenvalue weighted by Gasteiger charge is -2.26. The predicted octanol–water partition coefficient (Wildman–Crippen LogP) is 3.36. The number of nitrogens with one attached hydrogen (secondary N) is 1. The third-order valence-corrected chi connectivity index (χ3v) is 6.53. The molecule has 2 aliphatic rings.